The van der Waals surface area contributed by atoms with Gasteiger partial charge in [-0.05, 0) is 19.8 Å². The van der Waals surface area contributed by atoms with Gasteiger partial charge in [-0.3, -0.25) is 4.79 Å². The van der Waals surface area contributed by atoms with Crippen molar-refractivity contribution in [3.8, 4) is 0 Å². The average molecular weight is 158 g/mol. The lowest BCUT2D eigenvalue weighted by atomic mass is 9.86. The smallest absolute Gasteiger partial charge is 0.311 e. The minimum absolute atomic E-state index is 0.0231. The van der Waals surface area contributed by atoms with Gasteiger partial charge in [0.2, 0.25) is 0 Å². The van der Waals surface area contributed by atoms with E-state index in [-0.39, 0.29) is 11.4 Å². The predicted octanol–water partition coefficient (Wildman–Crippen LogP) is 2.38. The molecule has 0 spiro atoms. The summed E-state index contributed by atoms with van der Waals surface area (Å²) in [6.07, 6.45) is 1.79. The summed E-state index contributed by atoms with van der Waals surface area (Å²) in [5.74, 6) is -0.0231. The second-order valence-corrected chi connectivity index (χ2v) is 2.80. The van der Waals surface area contributed by atoms with Crippen LogP contribution < -0.4 is 0 Å². The molecule has 1 unspecified atom stereocenters. The summed E-state index contributed by atoms with van der Waals surface area (Å²) in [6.45, 7) is 8.60. The summed E-state index contributed by atoms with van der Waals surface area (Å²) >= 11 is 0. The van der Waals surface area contributed by atoms with Crippen molar-refractivity contribution in [2.75, 3.05) is 6.61 Å². The van der Waals surface area contributed by atoms with Crippen LogP contribution in [0.3, 0.4) is 0 Å². The summed E-state index contributed by atoms with van der Waals surface area (Å²) in [7, 11) is 0. The highest BCUT2D eigenvalue weighted by molar-refractivity contribution is 5.77. The van der Waals surface area contributed by atoms with Crippen LogP contribution in [-0.2, 0) is 9.53 Å². The van der Waals surface area contributed by atoms with Crippen molar-refractivity contribution >= 4 is 5.97 Å². The molecular weight excluding hydrogens is 140 g/mol. The van der Waals surface area contributed by atoms with Gasteiger partial charge in [0.05, 0.1) is 12.0 Å². The molecule has 0 aliphatic carbocycles. The number of hydrogen-bond donors (Lipinski definition) is 0. The molecule has 0 aromatic carbocycles. The van der Waals surface area contributed by atoms with E-state index in [2.05, 4.69) is 0 Å². The highest BCUT2D eigenvalue weighted by atomic mass is 16.5. The molecule has 1 aliphatic heterocycles. The molecule has 1 fully saturated rings. The van der Waals surface area contributed by atoms with Crippen LogP contribution in [0.25, 0.3) is 0 Å². The van der Waals surface area contributed by atoms with E-state index in [0.717, 1.165) is 12.8 Å². The Kier molecular flexibility index (Phi) is 4.16. The number of carbonyl (C=O) groups excluding carboxylic acids is 1. The fraction of sp³-hybridized carbons (Fsp3) is 0.889. The molecule has 11 heavy (non-hydrogen) atoms. The molecule has 0 amide bonds. The molecule has 1 atom stereocenters. The van der Waals surface area contributed by atoms with Gasteiger partial charge in [0.25, 0.3) is 0 Å². The van der Waals surface area contributed by atoms with Gasteiger partial charge in [-0.1, -0.05) is 20.8 Å². The standard InChI is InChI=1S/C7H12O2.C2H6/c1-3-7(2)4-5-9-6(7)8;1-2/h3-5H2,1-2H3;1-2H3. The third-order valence-corrected chi connectivity index (χ3v) is 2.16. The van der Waals surface area contributed by atoms with Crippen LogP contribution >= 0.6 is 0 Å². The first-order valence-corrected chi connectivity index (χ1v) is 4.36. The molecule has 0 aromatic rings. The first-order chi connectivity index (χ1) is 5.19. The Bertz CT molecular complexity index is 132. The van der Waals surface area contributed by atoms with Gasteiger partial charge >= 0.3 is 5.97 Å². The minimum Gasteiger partial charge on any atom is -0.465 e. The number of cyclic esters (lactones) is 1. The highest BCUT2D eigenvalue weighted by Crippen LogP contribution is 2.32. The zero-order valence-electron chi connectivity index (χ0n) is 7.94. The fourth-order valence-electron chi connectivity index (χ4n) is 0.966. The monoisotopic (exact) mass is 158 g/mol. The van der Waals surface area contributed by atoms with Gasteiger partial charge in [0, 0.05) is 0 Å². The fourth-order valence-corrected chi connectivity index (χ4v) is 0.966. The van der Waals surface area contributed by atoms with Crippen molar-refractivity contribution in [2.45, 2.75) is 40.5 Å². The molecule has 0 radical (unpaired) electrons. The second-order valence-electron chi connectivity index (χ2n) is 2.80. The summed E-state index contributed by atoms with van der Waals surface area (Å²) in [6, 6.07) is 0. The van der Waals surface area contributed by atoms with E-state index in [1.165, 1.54) is 0 Å². The van der Waals surface area contributed by atoms with E-state index in [1.54, 1.807) is 0 Å². The largest absolute Gasteiger partial charge is 0.465 e. The molecule has 1 aliphatic rings. The Labute approximate surface area is 68.9 Å². The van der Waals surface area contributed by atoms with Crippen molar-refractivity contribution in [3.05, 3.63) is 0 Å². The number of carbonyl (C=O) groups is 1. The van der Waals surface area contributed by atoms with E-state index in [1.807, 2.05) is 27.7 Å². The van der Waals surface area contributed by atoms with Crippen LogP contribution in [0, 0.1) is 5.41 Å². The van der Waals surface area contributed by atoms with Crippen LogP contribution in [0.4, 0.5) is 0 Å². The van der Waals surface area contributed by atoms with Crippen LogP contribution in [0.5, 0.6) is 0 Å². The molecule has 1 rings (SSSR count). The van der Waals surface area contributed by atoms with Gasteiger partial charge in [0.15, 0.2) is 0 Å². The van der Waals surface area contributed by atoms with E-state index in [4.69, 9.17) is 4.74 Å². The summed E-state index contributed by atoms with van der Waals surface area (Å²) in [5.41, 5.74) is -0.167. The third kappa shape index (κ3) is 2.21. The second kappa shape index (κ2) is 4.37. The Morgan fingerprint density at radius 3 is 2.27 bits per heavy atom. The molecule has 2 nitrogen and oxygen atoms in total. The number of ether oxygens (including phenoxy) is 1. The van der Waals surface area contributed by atoms with Crippen molar-refractivity contribution in [1.82, 2.24) is 0 Å². The summed E-state index contributed by atoms with van der Waals surface area (Å²) in [4.78, 5) is 10.9. The molecule has 0 aromatic heterocycles. The maximum Gasteiger partial charge on any atom is 0.311 e. The average Bonchev–Trinajstić information content (AvgIpc) is 2.38. The highest BCUT2D eigenvalue weighted by Gasteiger charge is 2.37. The van der Waals surface area contributed by atoms with Crippen LogP contribution in [0.15, 0.2) is 0 Å². The van der Waals surface area contributed by atoms with Gasteiger partial charge in [0.1, 0.15) is 0 Å². The van der Waals surface area contributed by atoms with Crippen LogP contribution in [0.1, 0.15) is 40.5 Å². The number of hydrogen-bond acceptors (Lipinski definition) is 2. The topological polar surface area (TPSA) is 26.3 Å². The van der Waals surface area contributed by atoms with Gasteiger partial charge in [-0.15, -0.1) is 0 Å². The molecule has 1 saturated heterocycles. The Morgan fingerprint density at radius 2 is 2.09 bits per heavy atom. The maximum absolute atomic E-state index is 10.9. The lowest BCUT2D eigenvalue weighted by molar-refractivity contribution is -0.145. The van der Waals surface area contributed by atoms with Crippen LogP contribution in [-0.4, -0.2) is 12.6 Å². The zero-order chi connectivity index (χ0) is 8.91. The predicted molar refractivity (Wildman–Crippen MR) is 45.3 cm³/mol. The van der Waals surface area contributed by atoms with E-state index in [9.17, 15) is 4.79 Å². The Balaban J connectivity index is 0.000000461. The lowest BCUT2D eigenvalue weighted by Crippen LogP contribution is -2.20. The van der Waals surface area contributed by atoms with Gasteiger partial charge in [-0.25, -0.2) is 0 Å². The van der Waals surface area contributed by atoms with Crippen molar-refractivity contribution < 1.29 is 9.53 Å². The first kappa shape index (κ1) is 10.5. The molecule has 0 bridgehead atoms. The summed E-state index contributed by atoms with van der Waals surface area (Å²) in [5, 5.41) is 0. The van der Waals surface area contributed by atoms with E-state index in [0.29, 0.717) is 6.61 Å². The molecule has 0 saturated carbocycles. The quantitative estimate of drug-likeness (QED) is 0.548. The number of esters is 1. The molecule has 1 heterocycles. The SMILES string of the molecule is CC.CCC1(C)CCOC1=O. The molecule has 66 valence electrons. The van der Waals surface area contributed by atoms with Crippen molar-refractivity contribution in [3.63, 3.8) is 0 Å². The van der Waals surface area contributed by atoms with Crippen molar-refractivity contribution in [2.24, 2.45) is 5.41 Å². The van der Waals surface area contributed by atoms with Gasteiger partial charge < -0.3 is 4.74 Å². The van der Waals surface area contributed by atoms with Gasteiger partial charge in [-0.2, -0.15) is 0 Å². The summed E-state index contributed by atoms with van der Waals surface area (Å²) < 4.78 is 4.82. The molecule has 0 N–H and O–H groups in total. The molecule has 2 heteroatoms. The normalized spacial score (nSPS) is 28.9. The van der Waals surface area contributed by atoms with Crippen molar-refractivity contribution in [1.29, 1.82) is 0 Å². The first-order valence-electron chi connectivity index (χ1n) is 4.36. The van der Waals surface area contributed by atoms with E-state index < -0.39 is 0 Å². The third-order valence-electron chi connectivity index (χ3n) is 2.16. The number of rotatable bonds is 1. The maximum atomic E-state index is 10.9. The Morgan fingerprint density at radius 1 is 1.55 bits per heavy atom. The minimum atomic E-state index is -0.167. The van der Waals surface area contributed by atoms with E-state index >= 15 is 0 Å². The molecular formula is C9H18O2. The Hall–Kier alpha value is -0.530. The van der Waals surface area contributed by atoms with Crippen LogP contribution in [0.2, 0.25) is 0 Å². The lowest BCUT2D eigenvalue weighted by Gasteiger charge is -2.14. The zero-order valence-corrected chi connectivity index (χ0v) is 7.94.